The average molecular weight is 146 g/mol. The number of nitrogens with one attached hydrogen (secondary N) is 1. The lowest BCUT2D eigenvalue weighted by atomic mass is 10.5. The molecule has 0 unspecified atom stereocenters. The number of rotatable bonds is 5. The van der Waals surface area contributed by atoms with Gasteiger partial charge in [-0.1, -0.05) is 0 Å². The second-order valence-corrected chi connectivity index (χ2v) is 1.75. The number of hydrogen-bond donors (Lipinski definition) is 2. The molecule has 0 aromatic heterocycles. The van der Waals surface area contributed by atoms with E-state index in [9.17, 15) is 4.79 Å². The fourth-order valence-electron chi connectivity index (χ4n) is 0.479. The Morgan fingerprint density at radius 2 is 2.40 bits per heavy atom. The first-order valence-electron chi connectivity index (χ1n) is 3.35. The number of carbonyl (C=O) groups excluding carboxylic acids is 1. The highest BCUT2D eigenvalue weighted by atomic mass is 16.5. The molecule has 10 heavy (non-hydrogen) atoms. The van der Waals surface area contributed by atoms with Gasteiger partial charge in [-0.3, -0.25) is 4.79 Å². The van der Waals surface area contributed by atoms with Crippen LogP contribution >= 0.6 is 0 Å². The van der Waals surface area contributed by atoms with Gasteiger partial charge in [0, 0.05) is 13.2 Å². The molecule has 0 aromatic rings. The minimum absolute atomic E-state index is 0.0477. The summed E-state index contributed by atoms with van der Waals surface area (Å²) < 4.78 is 4.97. The number of ether oxygens (including phenoxy) is 1. The first-order valence-corrected chi connectivity index (χ1v) is 3.35. The van der Waals surface area contributed by atoms with Gasteiger partial charge in [0.05, 0.1) is 13.2 Å². The third kappa shape index (κ3) is 5.53. The van der Waals surface area contributed by atoms with Crippen molar-refractivity contribution >= 4 is 5.91 Å². The lowest BCUT2D eigenvalue weighted by molar-refractivity contribution is -0.119. The first-order chi connectivity index (χ1) is 4.81. The van der Waals surface area contributed by atoms with Gasteiger partial charge in [-0.15, -0.1) is 0 Å². The molecule has 0 bridgehead atoms. The van der Waals surface area contributed by atoms with Crippen molar-refractivity contribution in [3.05, 3.63) is 0 Å². The van der Waals surface area contributed by atoms with Gasteiger partial charge in [-0.05, 0) is 6.92 Å². The van der Waals surface area contributed by atoms with Crippen LogP contribution in [0.3, 0.4) is 0 Å². The van der Waals surface area contributed by atoms with Crippen molar-refractivity contribution in [2.75, 3.05) is 26.3 Å². The molecule has 60 valence electrons. The number of hydrogen-bond acceptors (Lipinski definition) is 3. The molecule has 0 rings (SSSR count). The van der Waals surface area contributed by atoms with Crippen LogP contribution in [0, 0.1) is 0 Å². The zero-order chi connectivity index (χ0) is 7.82. The first kappa shape index (κ1) is 9.39. The topological polar surface area (TPSA) is 64.3 Å². The number of amides is 1. The Bertz CT molecular complexity index is 95.7. The lowest BCUT2D eigenvalue weighted by Crippen LogP contribution is -2.32. The molecule has 0 aliphatic carbocycles. The molecule has 0 radical (unpaired) electrons. The maximum Gasteiger partial charge on any atom is 0.233 e. The second kappa shape index (κ2) is 6.51. The predicted octanol–water partition coefficient (Wildman–Crippen LogP) is -0.902. The summed E-state index contributed by atoms with van der Waals surface area (Å²) >= 11 is 0. The molecule has 0 saturated carbocycles. The lowest BCUT2D eigenvalue weighted by Gasteiger charge is -2.01. The van der Waals surface area contributed by atoms with Crippen LogP contribution < -0.4 is 11.1 Å². The monoisotopic (exact) mass is 146 g/mol. The van der Waals surface area contributed by atoms with Gasteiger partial charge in [0.2, 0.25) is 5.91 Å². The highest BCUT2D eigenvalue weighted by Crippen LogP contribution is 1.69. The predicted molar refractivity (Wildman–Crippen MR) is 38.6 cm³/mol. The Balaban J connectivity index is 2.96. The minimum atomic E-state index is -0.139. The summed E-state index contributed by atoms with van der Waals surface area (Å²) in [4.78, 5) is 10.5. The van der Waals surface area contributed by atoms with Crippen molar-refractivity contribution in [1.82, 2.24) is 5.32 Å². The molecule has 1 amide bonds. The van der Waals surface area contributed by atoms with Gasteiger partial charge in [-0.2, -0.15) is 0 Å². The molecule has 0 atom stereocenters. The van der Waals surface area contributed by atoms with E-state index >= 15 is 0 Å². The van der Waals surface area contributed by atoms with E-state index in [0.29, 0.717) is 19.8 Å². The molecule has 0 aliphatic rings. The molecule has 0 fully saturated rings. The highest BCUT2D eigenvalue weighted by Gasteiger charge is 1.93. The van der Waals surface area contributed by atoms with Gasteiger partial charge in [-0.25, -0.2) is 0 Å². The zero-order valence-electron chi connectivity index (χ0n) is 6.22. The minimum Gasteiger partial charge on any atom is -0.380 e. The molecule has 3 N–H and O–H groups in total. The van der Waals surface area contributed by atoms with Crippen molar-refractivity contribution in [2.45, 2.75) is 6.92 Å². The molecule has 0 spiro atoms. The van der Waals surface area contributed by atoms with Gasteiger partial charge in [0.25, 0.3) is 0 Å². The highest BCUT2D eigenvalue weighted by molar-refractivity contribution is 5.77. The third-order valence-electron chi connectivity index (χ3n) is 0.958. The van der Waals surface area contributed by atoms with E-state index in [1.807, 2.05) is 6.92 Å². The normalized spacial score (nSPS) is 9.40. The van der Waals surface area contributed by atoms with Gasteiger partial charge >= 0.3 is 0 Å². The van der Waals surface area contributed by atoms with Crippen LogP contribution in [0.1, 0.15) is 6.92 Å². The Hall–Kier alpha value is -0.610. The summed E-state index contributed by atoms with van der Waals surface area (Å²) in [5.41, 5.74) is 5.03. The maximum atomic E-state index is 10.5. The van der Waals surface area contributed by atoms with Crippen molar-refractivity contribution in [3.8, 4) is 0 Å². The summed E-state index contributed by atoms with van der Waals surface area (Å²) in [6.07, 6.45) is 0. The SMILES string of the molecule is CCOCCNC(=O)CN. The summed E-state index contributed by atoms with van der Waals surface area (Å²) in [6.45, 7) is 3.74. The number of carbonyl (C=O) groups is 1. The van der Waals surface area contributed by atoms with Gasteiger partial charge in [0.15, 0.2) is 0 Å². The number of nitrogens with two attached hydrogens (primary N) is 1. The molecule has 0 aliphatic heterocycles. The van der Waals surface area contributed by atoms with Crippen LogP contribution in [-0.4, -0.2) is 32.2 Å². The van der Waals surface area contributed by atoms with Crippen molar-refractivity contribution in [3.63, 3.8) is 0 Å². The third-order valence-corrected chi connectivity index (χ3v) is 0.958. The van der Waals surface area contributed by atoms with E-state index in [0.717, 1.165) is 0 Å². The van der Waals surface area contributed by atoms with Crippen LogP contribution in [0.5, 0.6) is 0 Å². The summed E-state index contributed by atoms with van der Waals surface area (Å²) in [6, 6.07) is 0. The van der Waals surface area contributed by atoms with Gasteiger partial charge < -0.3 is 15.8 Å². The van der Waals surface area contributed by atoms with Crippen molar-refractivity contribution in [1.29, 1.82) is 0 Å². The Morgan fingerprint density at radius 3 is 2.90 bits per heavy atom. The smallest absolute Gasteiger partial charge is 0.233 e. The molecule has 0 aromatic carbocycles. The Kier molecular flexibility index (Phi) is 6.11. The Labute approximate surface area is 60.7 Å². The van der Waals surface area contributed by atoms with Gasteiger partial charge in [0.1, 0.15) is 0 Å². The zero-order valence-corrected chi connectivity index (χ0v) is 6.22. The second-order valence-electron chi connectivity index (χ2n) is 1.75. The quantitative estimate of drug-likeness (QED) is 0.494. The molecule has 4 nitrogen and oxygen atoms in total. The molecular weight excluding hydrogens is 132 g/mol. The largest absolute Gasteiger partial charge is 0.380 e. The Morgan fingerprint density at radius 1 is 1.70 bits per heavy atom. The molecule has 0 heterocycles. The maximum absolute atomic E-state index is 10.5. The summed E-state index contributed by atoms with van der Waals surface area (Å²) in [7, 11) is 0. The summed E-state index contributed by atoms with van der Waals surface area (Å²) in [5.74, 6) is -0.139. The molecular formula is C6H14N2O2. The fraction of sp³-hybridized carbons (Fsp3) is 0.833. The standard InChI is InChI=1S/C6H14N2O2/c1-2-10-4-3-8-6(9)5-7/h2-5,7H2,1H3,(H,8,9). The van der Waals surface area contributed by atoms with Crippen LogP contribution in [0.4, 0.5) is 0 Å². The van der Waals surface area contributed by atoms with Crippen LogP contribution in [-0.2, 0) is 9.53 Å². The van der Waals surface area contributed by atoms with E-state index in [1.54, 1.807) is 0 Å². The van der Waals surface area contributed by atoms with E-state index < -0.39 is 0 Å². The van der Waals surface area contributed by atoms with E-state index in [2.05, 4.69) is 5.32 Å². The van der Waals surface area contributed by atoms with Crippen LogP contribution in [0.25, 0.3) is 0 Å². The fourth-order valence-corrected chi connectivity index (χ4v) is 0.479. The molecule has 0 saturated heterocycles. The van der Waals surface area contributed by atoms with Crippen molar-refractivity contribution in [2.24, 2.45) is 5.73 Å². The van der Waals surface area contributed by atoms with E-state index in [-0.39, 0.29) is 12.5 Å². The van der Waals surface area contributed by atoms with Crippen molar-refractivity contribution < 1.29 is 9.53 Å². The van der Waals surface area contributed by atoms with Crippen LogP contribution in [0.15, 0.2) is 0 Å². The summed E-state index contributed by atoms with van der Waals surface area (Å²) in [5, 5.41) is 2.58. The average Bonchev–Trinajstić information content (AvgIpc) is 1.98. The molecule has 4 heteroatoms. The van der Waals surface area contributed by atoms with E-state index in [1.165, 1.54) is 0 Å². The van der Waals surface area contributed by atoms with E-state index in [4.69, 9.17) is 10.5 Å². The van der Waals surface area contributed by atoms with Crippen LogP contribution in [0.2, 0.25) is 0 Å².